The van der Waals surface area contributed by atoms with Crippen LogP contribution in [0.15, 0.2) is 49.4 Å². The fourth-order valence-electron chi connectivity index (χ4n) is 3.85. The molecule has 1 unspecified atom stereocenters. The van der Waals surface area contributed by atoms with Crippen LogP contribution in [0.1, 0.15) is 30.3 Å². The second kappa shape index (κ2) is 6.79. The van der Waals surface area contributed by atoms with Crippen LogP contribution in [0.2, 0.25) is 0 Å². The number of pyridine rings is 1. The van der Waals surface area contributed by atoms with E-state index in [9.17, 15) is 0 Å². The molecule has 0 bridgehead atoms. The molecule has 1 aliphatic rings. The minimum Gasteiger partial charge on any atom is -0.354 e. The molecular formula is C19H20N8. The van der Waals surface area contributed by atoms with E-state index in [4.69, 9.17) is 0 Å². The Morgan fingerprint density at radius 2 is 2.07 bits per heavy atom. The highest BCUT2D eigenvalue weighted by Gasteiger charge is 2.27. The minimum absolute atomic E-state index is 0.352. The van der Waals surface area contributed by atoms with E-state index in [2.05, 4.69) is 39.4 Å². The number of anilines is 1. The molecule has 1 fully saturated rings. The first-order chi connectivity index (χ1) is 13.4. The van der Waals surface area contributed by atoms with Crippen molar-refractivity contribution in [3.8, 4) is 0 Å². The number of hydrogen-bond donors (Lipinski definition) is 1. The summed E-state index contributed by atoms with van der Waals surface area (Å²) in [6.07, 6.45) is 11.2. The number of hydrogen-bond acceptors (Lipinski definition) is 6. The summed E-state index contributed by atoms with van der Waals surface area (Å²) in [7, 11) is 0. The Bertz CT molecular complexity index is 1040. The highest BCUT2D eigenvalue weighted by molar-refractivity contribution is 5.82. The summed E-state index contributed by atoms with van der Waals surface area (Å²) in [5.41, 5.74) is 2.65. The number of fused-ring (bicyclic) bond motifs is 1. The van der Waals surface area contributed by atoms with E-state index in [1.54, 1.807) is 12.7 Å². The highest BCUT2D eigenvalue weighted by Crippen LogP contribution is 2.30. The Labute approximate surface area is 156 Å². The number of aromatic nitrogens is 7. The molecule has 5 rings (SSSR count). The van der Waals surface area contributed by atoms with Crippen LogP contribution in [0.5, 0.6) is 0 Å². The van der Waals surface area contributed by atoms with Crippen molar-refractivity contribution in [3.05, 3.63) is 61.0 Å². The van der Waals surface area contributed by atoms with Gasteiger partial charge in [-0.2, -0.15) is 0 Å². The van der Waals surface area contributed by atoms with Crippen molar-refractivity contribution < 1.29 is 0 Å². The van der Waals surface area contributed by atoms with Crippen LogP contribution in [-0.2, 0) is 6.54 Å². The highest BCUT2D eigenvalue weighted by atomic mass is 15.2. The normalized spacial score (nSPS) is 17.5. The van der Waals surface area contributed by atoms with Crippen molar-refractivity contribution in [3.63, 3.8) is 0 Å². The smallest absolute Gasteiger partial charge is 0.182 e. The first-order valence-electron chi connectivity index (χ1n) is 9.18. The lowest BCUT2D eigenvalue weighted by Gasteiger charge is -2.33. The molecule has 1 aliphatic heterocycles. The first kappa shape index (κ1) is 15.9. The topological polar surface area (TPSA) is 88.4 Å². The lowest BCUT2D eigenvalue weighted by molar-refractivity contribution is 0.474. The van der Waals surface area contributed by atoms with Crippen LogP contribution >= 0.6 is 0 Å². The largest absolute Gasteiger partial charge is 0.354 e. The number of piperidine rings is 1. The number of aromatic amines is 1. The van der Waals surface area contributed by atoms with Gasteiger partial charge >= 0.3 is 0 Å². The Morgan fingerprint density at radius 1 is 1.07 bits per heavy atom. The van der Waals surface area contributed by atoms with Crippen LogP contribution < -0.4 is 4.90 Å². The summed E-state index contributed by atoms with van der Waals surface area (Å²) >= 11 is 0. The molecule has 27 heavy (non-hydrogen) atoms. The molecule has 1 atom stereocenters. The van der Waals surface area contributed by atoms with Gasteiger partial charge < -0.3 is 14.5 Å². The Hall–Kier alpha value is -3.29. The van der Waals surface area contributed by atoms with Crippen molar-refractivity contribution in [2.24, 2.45) is 0 Å². The fraction of sp³-hybridized carbons (Fsp3) is 0.316. The van der Waals surface area contributed by atoms with Crippen LogP contribution in [0.3, 0.4) is 0 Å². The third kappa shape index (κ3) is 3.03. The quantitative estimate of drug-likeness (QED) is 0.601. The molecule has 136 valence electrons. The standard InChI is InChI=1S/C19H20N8/c1-2-6-20-15(5-1)11-27-9-7-21-18(27)14-4-3-8-26(10-14)19-16-17(23-12-22-16)24-13-25-19/h1-2,5-7,9,12-14H,3-4,8,10-11H2,(H,22,23,24,25). The number of rotatable bonds is 4. The molecule has 1 N–H and O–H groups in total. The van der Waals surface area contributed by atoms with Crippen molar-refractivity contribution in [2.75, 3.05) is 18.0 Å². The van der Waals surface area contributed by atoms with Gasteiger partial charge in [-0.1, -0.05) is 6.07 Å². The van der Waals surface area contributed by atoms with Crippen LogP contribution in [-0.4, -0.2) is 47.6 Å². The number of nitrogens with zero attached hydrogens (tertiary/aromatic N) is 7. The van der Waals surface area contributed by atoms with E-state index in [-0.39, 0.29) is 0 Å². The zero-order chi connectivity index (χ0) is 18.1. The van der Waals surface area contributed by atoms with E-state index in [1.807, 2.05) is 36.8 Å². The van der Waals surface area contributed by atoms with Crippen molar-refractivity contribution in [1.82, 2.24) is 34.5 Å². The molecule has 1 saturated heterocycles. The summed E-state index contributed by atoms with van der Waals surface area (Å²) in [4.78, 5) is 27.6. The van der Waals surface area contributed by atoms with Gasteiger partial charge in [0.2, 0.25) is 0 Å². The first-order valence-corrected chi connectivity index (χ1v) is 9.18. The molecule has 8 nitrogen and oxygen atoms in total. The van der Waals surface area contributed by atoms with E-state index in [0.717, 1.165) is 55.3 Å². The molecule has 0 amide bonds. The molecule has 0 saturated carbocycles. The van der Waals surface area contributed by atoms with E-state index in [1.165, 1.54) is 0 Å². The van der Waals surface area contributed by atoms with Gasteiger partial charge in [0.1, 0.15) is 17.7 Å². The zero-order valence-electron chi connectivity index (χ0n) is 14.9. The molecule has 5 heterocycles. The summed E-state index contributed by atoms with van der Waals surface area (Å²) in [6, 6.07) is 6.01. The van der Waals surface area contributed by atoms with E-state index in [0.29, 0.717) is 11.6 Å². The summed E-state index contributed by atoms with van der Waals surface area (Å²) < 4.78 is 2.21. The van der Waals surface area contributed by atoms with E-state index < -0.39 is 0 Å². The van der Waals surface area contributed by atoms with Gasteiger partial charge in [-0.05, 0) is 25.0 Å². The minimum atomic E-state index is 0.352. The maximum absolute atomic E-state index is 4.67. The van der Waals surface area contributed by atoms with Crippen molar-refractivity contribution in [2.45, 2.75) is 25.3 Å². The SMILES string of the molecule is c1ccc(Cn2ccnc2C2CCCN(c3ncnc4nc[nH]c34)C2)nc1. The average molecular weight is 360 g/mol. The summed E-state index contributed by atoms with van der Waals surface area (Å²) in [5, 5.41) is 0. The Kier molecular flexibility index (Phi) is 4.00. The molecule has 0 radical (unpaired) electrons. The lowest BCUT2D eigenvalue weighted by atomic mass is 9.97. The number of H-pyrrole nitrogens is 1. The zero-order valence-corrected chi connectivity index (χ0v) is 14.9. The maximum atomic E-state index is 4.67. The monoisotopic (exact) mass is 360 g/mol. The second-order valence-electron chi connectivity index (χ2n) is 6.82. The number of nitrogens with one attached hydrogen (secondary N) is 1. The van der Waals surface area contributed by atoms with E-state index >= 15 is 0 Å². The summed E-state index contributed by atoms with van der Waals surface area (Å²) in [6.45, 7) is 2.60. The van der Waals surface area contributed by atoms with Gasteiger partial charge in [0.05, 0.1) is 18.6 Å². The third-order valence-electron chi connectivity index (χ3n) is 5.10. The second-order valence-corrected chi connectivity index (χ2v) is 6.82. The summed E-state index contributed by atoms with van der Waals surface area (Å²) in [5.74, 6) is 2.38. The average Bonchev–Trinajstić information content (AvgIpc) is 3.38. The molecule has 0 aromatic carbocycles. The fourth-order valence-corrected chi connectivity index (χ4v) is 3.85. The van der Waals surface area contributed by atoms with Crippen LogP contribution in [0, 0.1) is 0 Å². The van der Waals surface area contributed by atoms with Gasteiger partial charge in [-0.25, -0.2) is 19.9 Å². The van der Waals surface area contributed by atoms with Crippen molar-refractivity contribution >= 4 is 17.0 Å². The molecule has 0 spiro atoms. The third-order valence-corrected chi connectivity index (χ3v) is 5.10. The molecule has 8 heteroatoms. The molecule has 0 aliphatic carbocycles. The predicted octanol–water partition coefficient (Wildman–Crippen LogP) is 2.38. The molecular weight excluding hydrogens is 340 g/mol. The predicted molar refractivity (Wildman–Crippen MR) is 101 cm³/mol. The molecule has 4 aromatic heterocycles. The maximum Gasteiger partial charge on any atom is 0.182 e. The van der Waals surface area contributed by atoms with Gasteiger partial charge in [0.25, 0.3) is 0 Å². The van der Waals surface area contributed by atoms with Crippen LogP contribution in [0.25, 0.3) is 11.2 Å². The van der Waals surface area contributed by atoms with Crippen LogP contribution in [0.4, 0.5) is 5.82 Å². The molecule has 4 aromatic rings. The van der Waals surface area contributed by atoms with Crippen molar-refractivity contribution in [1.29, 1.82) is 0 Å². The van der Waals surface area contributed by atoms with Gasteiger partial charge in [-0.15, -0.1) is 0 Å². The Morgan fingerprint density at radius 3 is 3.00 bits per heavy atom. The number of imidazole rings is 2. The lowest BCUT2D eigenvalue weighted by Crippen LogP contribution is -2.36. The van der Waals surface area contributed by atoms with Gasteiger partial charge in [0, 0.05) is 37.6 Å². The Balaban J connectivity index is 1.41. The van der Waals surface area contributed by atoms with Gasteiger partial charge in [-0.3, -0.25) is 4.98 Å². The van der Waals surface area contributed by atoms with Gasteiger partial charge in [0.15, 0.2) is 11.5 Å².